The summed E-state index contributed by atoms with van der Waals surface area (Å²) in [6, 6.07) is 2.00. The predicted octanol–water partition coefficient (Wildman–Crippen LogP) is -1.95. The fraction of sp³-hybridized carbons (Fsp3) is 0.304. The molecule has 1 saturated heterocycles. The van der Waals surface area contributed by atoms with Gasteiger partial charge in [-0.1, -0.05) is 11.2 Å². The van der Waals surface area contributed by atoms with E-state index in [0.29, 0.717) is 17.6 Å². The number of nitrogen functional groups attached to an aromatic ring is 1. The minimum Gasteiger partial charge on any atom is -0.543 e. The van der Waals surface area contributed by atoms with Crippen LogP contribution in [0.15, 0.2) is 53.1 Å². The molecule has 4 heterocycles. The Kier molecular flexibility index (Phi) is 7.30. The summed E-state index contributed by atoms with van der Waals surface area (Å²) < 4.78 is 5.68. The number of rotatable bonds is 9. The van der Waals surface area contributed by atoms with Gasteiger partial charge in [0.05, 0.1) is 17.2 Å². The number of amides is 3. The van der Waals surface area contributed by atoms with E-state index < -0.39 is 35.1 Å². The van der Waals surface area contributed by atoms with E-state index in [9.17, 15) is 24.3 Å². The zero-order chi connectivity index (χ0) is 27.7. The molecule has 3 aliphatic rings. The van der Waals surface area contributed by atoms with Gasteiger partial charge in [-0.3, -0.25) is 19.3 Å². The van der Waals surface area contributed by atoms with Gasteiger partial charge in [0.1, 0.15) is 17.5 Å². The van der Waals surface area contributed by atoms with E-state index in [0.717, 1.165) is 22.9 Å². The second-order valence-corrected chi connectivity index (χ2v) is 10.7. The smallest absolute Gasteiger partial charge is 0.278 e. The number of hydrogen-bond donors (Lipinski definition) is 3. The highest BCUT2D eigenvalue weighted by molar-refractivity contribution is 8.00. The van der Waals surface area contributed by atoms with Gasteiger partial charge >= 0.3 is 0 Å². The van der Waals surface area contributed by atoms with Crippen LogP contribution in [0.5, 0.6) is 0 Å². The van der Waals surface area contributed by atoms with Gasteiger partial charge in [-0.15, -0.1) is 11.8 Å². The molecular weight excluding hydrogens is 548 g/mol. The van der Waals surface area contributed by atoms with Crippen molar-refractivity contribution in [2.45, 2.75) is 36.9 Å². The number of nitrogens with zero attached hydrogens (tertiary/aromatic N) is 5. The number of allylic oxidation sites excluding steroid dienone is 1. The van der Waals surface area contributed by atoms with Gasteiger partial charge < -0.3 is 31.5 Å². The fourth-order valence-electron chi connectivity index (χ4n) is 4.28. The van der Waals surface area contributed by atoms with Crippen LogP contribution in [-0.4, -0.2) is 66.9 Å². The van der Waals surface area contributed by atoms with E-state index in [4.69, 9.17) is 16.3 Å². The number of hydrogen-bond acceptors (Lipinski definition) is 12. The van der Waals surface area contributed by atoms with Gasteiger partial charge in [-0.25, -0.2) is 4.57 Å². The van der Waals surface area contributed by atoms with Gasteiger partial charge in [0.2, 0.25) is 17.4 Å². The average molecular weight is 571 g/mol. The number of nitrogens with two attached hydrogens (primary N) is 2. The Bertz CT molecular complexity index is 1440. The van der Waals surface area contributed by atoms with E-state index >= 15 is 0 Å². The molecule has 16 heteroatoms. The van der Waals surface area contributed by atoms with E-state index in [1.54, 1.807) is 17.0 Å². The van der Waals surface area contributed by atoms with Crippen LogP contribution in [-0.2, 0) is 25.8 Å². The van der Waals surface area contributed by atoms with Crippen molar-refractivity contribution >= 4 is 57.8 Å². The molecule has 2 aliphatic heterocycles. The number of carboxylic acids is 1. The van der Waals surface area contributed by atoms with Crippen LogP contribution >= 0.6 is 23.3 Å². The minimum absolute atomic E-state index is 0.0473. The van der Waals surface area contributed by atoms with Crippen molar-refractivity contribution in [3.8, 4) is 0 Å². The van der Waals surface area contributed by atoms with Crippen molar-refractivity contribution in [1.82, 2.24) is 19.6 Å². The first-order valence-electron chi connectivity index (χ1n) is 11.7. The lowest BCUT2D eigenvalue weighted by atomic mass is 10.0. The standard InChI is InChI=1S/C23H22N8O6S2/c24-17(32)11-5-7-30(8-6-11)9-12-10-38-21-15(20(34)31(21)16(12)22(35)36)26-19(33)14(18-27-23(25)39-29-18)28-37-13-3-1-2-4-13/h1,3,5-8,13,15,21H,2,4,9-10H2,(H5-,24,25,26,27,29,32,33,35,36)/t13?,15?,21-/m1/s1. The number of anilines is 1. The zero-order valence-corrected chi connectivity index (χ0v) is 21.8. The van der Waals surface area contributed by atoms with Gasteiger partial charge in [0.15, 0.2) is 24.1 Å². The van der Waals surface area contributed by atoms with Crippen LogP contribution in [0.4, 0.5) is 5.13 Å². The summed E-state index contributed by atoms with van der Waals surface area (Å²) >= 11 is 2.17. The third-order valence-electron chi connectivity index (χ3n) is 6.19. The maximum absolute atomic E-state index is 13.2. The van der Waals surface area contributed by atoms with Crippen LogP contribution in [0.25, 0.3) is 0 Å². The first-order chi connectivity index (χ1) is 18.7. The van der Waals surface area contributed by atoms with Crippen LogP contribution in [0.1, 0.15) is 29.0 Å². The first kappa shape index (κ1) is 26.3. The highest BCUT2D eigenvalue weighted by Crippen LogP contribution is 2.40. The number of thioether (sulfide) groups is 1. The Hall–Kier alpha value is -4.31. The molecule has 0 aromatic carbocycles. The molecular formula is C23H22N8O6S2. The van der Waals surface area contributed by atoms with Crippen LogP contribution < -0.4 is 26.5 Å². The second-order valence-electron chi connectivity index (χ2n) is 8.77. The molecule has 39 heavy (non-hydrogen) atoms. The Balaban J connectivity index is 1.32. The second kappa shape index (κ2) is 10.8. The monoisotopic (exact) mass is 570 g/mol. The third kappa shape index (κ3) is 5.33. The van der Waals surface area contributed by atoms with Gasteiger partial charge in [0.25, 0.3) is 11.8 Å². The molecule has 1 aliphatic carbocycles. The molecule has 0 bridgehead atoms. The summed E-state index contributed by atoms with van der Waals surface area (Å²) in [5.74, 6) is -3.26. The molecule has 3 atom stereocenters. The van der Waals surface area contributed by atoms with Crippen molar-refractivity contribution in [2.75, 3.05) is 11.5 Å². The summed E-state index contributed by atoms with van der Waals surface area (Å²) in [6.45, 7) is 0.142. The zero-order valence-electron chi connectivity index (χ0n) is 20.2. The van der Waals surface area contributed by atoms with Crippen molar-refractivity contribution in [3.05, 3.63) is 59.3 Å². The van der Waals surface area contributed by atoms with E-state index in [1.807, 2.05) is 12.2 Å². The molecule has 5 rings (SSSR count). The molecule has 2 aromatic rings. The number of carbonyl (C=O) groups excluding carboxylic acids is 4. The predicted molar refractivity (Wildman–Crippen MR) is 136 cm³/mol. The normalized spacial score (nSPS) is 22.4. The Morgan fingerprint density at radius 3 is 2.69 bits per heavy atom. The highest BCUT2D eigenvalue weighted by atomic mass is 32.2. The lowest BCUT2D eigenvalue weighted by Gasteiger charge is -2.50. The Morgan fingerprint density at radius 2 is 2.08 bits per heavy atom. The van der Waals surface area contributed by atoms with Gasteiger partial charge in [-0.05, 0) is 18.9 Å². The maximum Gasteiger partial charge on any atom is 0.278 e. The lowest BCUT2D eigenvalue weighted by molar-refractivity contribution is -0.689. The number of pyridine rings is 1. The summed E-state index contributed by atoms with van der Waals surface area (Å²) in [5.41, 5.74) is 11.2. The molecule has 14 nitrogen and oxygen atoms in total. The molecule has 2 aromatic heterocycles. The molecule has 1 fully saturated rings. The van der Waals surface area contributed by atoms with E-state index in [-0.39, 0.29) is 40.8 Å². The van der Waals surface area contributed by atoms with E-state index in [2.05, 4.69) is 19.8 Å². The number of carbonyl (C=O) groups is 4. The quantitative estimate of drug-likeness (QED) is 0.0997. The largest absolute Gasteiger partial charge is 0.543 e. The van der Waals surface area contributed by atoms with Crippen molar-refractivity contribution in [2.24, 2.45) is 10.9 Å². The van der Waals surface area contributed by atoms with Gasteiger partial charge in [0, 0.05) is 35.0 Å². The maximum atomic E-state index is 13.2. The summed E-state index contributed by atoms with van der Waals surface area (Å²) in [5, 5.41) is 18.1. The summed E-state index contributed by atoms with van der Waals surface area (Å²) in [7, 11) is 0. The van der Waals surface area contributed by atoms with Gasteiger partial charge in [-0.2, -0.15) is 9.36 Å². The van der Waals surface area contributed by atoms with Crippen LogP contribution in [0, 0.1) is 0 Å². The molecule has 0 spiro atoms. The third-order valence-corrected chi connectivity index (χ3v) is 8.08. The topological polar surface area (TPSA) is 210 Å². The van der Waals surface area contributed by atoms with Crippen molar-refractivity contribution < 1.29 is 33.7 Å². The molecule has 202 valence electrons. The molecule has 5 N–H and O–H groups in total. The number of carboxylic acid groups (broad SMARTS) is 1. The number of fused-ring (bicyclic) bond motifs is 1. The van der Waals surface area contributed by atoms with Crippen molar-refractivity contribution in [1.29, 1.82) is 0 Å². The molecule has 3 amide bonds. The fourth-order valence-corrected chi connectivity index (χ4v) is 6.05. The summed E-state index contributed by atoms with van der Waals surface area (Å²) in [6.07, 6.45) is 8.15. The van der Waals surface area contributed by atoms with Crippen molar-refractivity contribution in [3.63, 3.8) is 0 Å². The SMILES string of the molecule is NC(=O)c1cc[n+](CC2=C(C(=O)[O-])N3C(=O)C(NC(=O)C(=NOC4C=CCC4)c4nsc(N)n4)[C@H]3SC2)cc1. The summed E-state index contributed by atoms with van der Waals surface area (Å²) in [4.78, 5) is 60.2. The number of nitrogens with one attached hydrogen (secondary N) is 1. The minimum atomic E-state index is -1.51. The first-order valence-corrected chi connectivity index (χ1v) is 13.5. The average Bonchev–Trinajstić information content (AvgIpc) is 3.59. The Morgan fingerprint density at radius 1 is 1.31 bits per heavy atom. The number of aromatic nitrogens is 3. The lowest BCUT2D eigenvalue weighted by Crippen LogP contribution is -2.71. The van der Waals surface area contributed by atoms with Crippen LogP contribution in [0.2, 0.25) is 0 Å². The molecule has 0 saturated carbocycles. The highest BCUT2D eigenvalue weighted by Gasteiger charge is 2.53. The number of aliphatic carboxylic acids is 1. The Labute approximate surface area is 229 Å². The van der Waals surface area contributed by atoms with Crippen LogP contribution in [0.3, 0.4) is 0 Å². The number of primary amides is 1. The van der Waals surface area contributed by atoms with E-state index in [1.165, 1.54) is 23.9 Å². The molecule has 0 radical (unpaired) electrons. The number of oxime groups is 1. The number of β-lactam (4-membered cyclic amide) rings is 1. The molecule has 2 unspecified atom stereocenters.